The molecule has 4 aromatic carbocycles. The summed E-state index contributed by atoms with van der Waals surface area (Å²) in [4.78, 5) is 131. The van der Waals surface area contributed by atoms with Crippen LogP contribution in [0.25, 0.3) is 10.8 Å². The second kappa shape index (κ2) is 32.6. The van der Waals surface area contributed by atoms with Gasteiger partial charge in [-0.3, -0.25) is 48.1 Å². The number of carbonyl (C=O) groups is 9. The first-order chi connectivity index (χ1) is 39.6. The van der Waals surface area contributed by atoms with Gasteiger partial charge in [0.15, 0.2) is 5.96 Å². The lowest BCUT2D eigenvalue weighted by Crippen LogP contribution is -2.62. The van der Waals surface area contributed by atoms with E-state index in [-0.39, 0.29) is 69.1 Å². The van der Waals surface area contributed by atoms with Crippen molar-refractivity contribution in [2.24, 2.45) is 33.7 Å². The van der Waals surface area contributed by atoms with Gasteiger partial charge in [-0.2, -0.15) is 0 Å². The van der Waals surface area contributed by atoms with Crippen molar-refractivity contribution in [3.05, 3.63) is 114 Å². The number of carbonyl (C=O) groups excluding carboxylic acids is 9. The molecule has 8 atom stereocenters. The Morgan fingerprint density at radius 2 is 1.33 bits per heavy atom. The minimum atomic E-state index is -1.66. The number of aromatic hydroxyl groups is 1. The highest BCUT2D eigenvalue weighted by atomic mass is 33.1. The van der Waals surface area contributed by atoms with Gasteiger partial charge >= 0.3 is 0 Å². The van der Waals surface area contributed by atoms with E-state index in [9.17, 15) is 53.4 Å². The van der Waals surface area contributed by atoms with E-state index in [1.165, 1.54) is 12.1 Å². The number of unbranched alkanes of at least 4 members (excludes halogenated alkanes) is 1. The van der Waals surface area contributed by atoms with Gasteiger partial charge in [-0.25, -0.2) is 0 Å². The number of primary amides is 1. The van der Waals surface area contributed by atoms with Crippen molar-refractivity contribution in [3.63, 3.8) is 0 Å². The van der Waals surface area contributed by atoms with Crippen LogP contribution >= 0.6 is 21.6 Å². The van der Waals surface area contributed by atoms with E-state index in [0.717, 1.165) is 32.4 Å². The summed E-state index contributed by atoms with van der Waals surface area (Å²) in [7, 11) is 2.02. The van der Waals surface area contributed by atoms with Gasteiger partial charge < -0.3 is 81.4 Å². The topological polar surface area (TPSA) is 433 Å². The fraction of sp³-hybridized carbons (Fsp3) is 0.429. The van der Waals surface area contributed by atoms with Gasteiger partial charge in [0.1, 0.15) is 48.0 Å². The first kappa shape index (κ1) is 65.8. The molecule has 448 valence electrons. The second-order valence-corrected chi connectivity index (χ2v) is 23.4. The zero-order valence-electron chi connectivity index (χ0n) is 46.3. The molecule has 0 spiro atoms. The van der Waals surface area contributed by atoms with Gasteiger partial charge in [-0.1, -0.05) is 107 Å². The van der Waals surface area contributed by atoms with E-state index >= 15 is 0 Å². The number of phenolic OH excluding ortho intramolecular Hbond substituents is 1. The molecule has 5 rings (SSSR count). The molecular weight excluding hydrogens is 1110 g/mol. The second-order valence-electron chi connectivity index (χ2n) is 20.4. The van der Waals surface area contributed by atoms with Crippen molar-refractivity contribution in [1.29, 1.82) is 0 Å². The fourth-order valence-corrected chi connectivity index (χ4v) is 11.6. The molecule has 9 amide bonds. The fourth-order valence-electron chi connectivity index (χ4n) is 8.76. The zero-order chi connectivity index (χ0) is 60.6. The normalized spacial score (nSPS) is 20.3. The zero-order valence-corrected chi connectivity index (χ0v) is 47.9. The summed E-state index contributed by atoms with van der Waals surface area (Å²) in [5.41, 5.74) is 30.6. The predicted molar refractivity (Wildman–Crippen MR) is 317 cm³/mol. The molecule has 1 aliphatic rings. The molecule has 4 aromatic rings. The maximum atomic E-state index is 15.0. The predicted octanol–water partition coefficient (Wildman–Crippen LogP) is -1.76. The third kappa shape index (κ3) is 21.4. The highest BCUT2D eigenvalue weighted by Gasteiger charge is 2.41. The number of aliphatic hydroxyl groups is 1. The summed E-state index contributed by atoms with van der Waals surface area (Å²) < 4.78 is -1.36. The number of aliphatic imine (C=N–C) groups is 1. The van der Waals surface area contributed by atoms with Gasteiger partial charge in [-0.15, -0.1) is 0 Å². The van der Waals surface area contributed by atoms with Crippen LogP contribution in [0.5, 0.6) is 5.75 Å². The number of hydrogen-bond donors (Lipinski definition) is 15. The molecule has 0 radical (unpaired) electrons. The molecule has 83 heavy (non-hydrogen) atoms. The van der Waals surface area contributed by atoms with Crippen molar-refractivity contribution in [2.75, 3.05) is 32.0 Å². The quantitative estimate of drug-likeness (QED) is 0.0179. The Kier molecular flexibility index (Phi) is 25.9. The minimum Gasteiger partial charge on any atom is -0.508 e. The van der Waals surface area contributed by atoms with E-state index in [1.54, 1.807) is 62.4 Å². The standard InChI is InChI=1S/C56H76N14O11S2/c1-56(2)46(70-48(75)38(58)26-33-18-21-37(72)22-19-33)54(81)68-41(28-34-17-20-35-13-6-7-14-36(35)25-34)49(76)63-29-45(73)64-43(30-71)52(79)67-42(27-32-11-4-3-5-12-32)51(78)69-44(31-82-83-56)53(80)66-40(15-8-9-23-57)50(77)65-39(47(59)74)16-10-24-62-55(60)61/h3-7,11-14,17-22,25,38-44,46,71-72H,8-10,15-16,23-24,26-31,57-58H2,1-2H3,(H2,59,74)(H,63,76)(H,64,73)(H,65,77)(H,66,80)(H,67,79)(H,68,81)(H,69,78)(H,70,75)(H4,60,61,62)/t38-,39-,40-,41-,42-,43-,44?,46-/m0/s1. The molecule has 27 heteroatoms. The number of nitrogens with two attached hydrogens (primary N) is 5. The molecule has 1 unspecified atom stereocenters. The van der Waals surface area contributed by atoms with Crippen LogP contribution in [0.15, 0.2) is 102 Å². The lowest BCUT2D eigenvalue weighted by atomic mass is 9.98. The van der Waals surface area contributed by atoms with Gasteiger partial charge in [-0.05, 0) is 98.5 Å². The molecule has 1 fully saturated rings. The molecule has 0 aliphatic carbocycles. The van der Waals surface area contributed by atoms with Crippen LogP contribution in [0, 0.1) is 0 Å². The average Bonchev–Trinajstić information content (AvgIpc) is 3.66. The van der Waals surface area contributed by atoms with E-state index in [1.807, 2.05) is 36.4 Å². The lowest BCUT2D eigenvalue weighted by molar-refractivity contribution is -0.135. The van der Waals surface area contributed by atoms with Crippen LogP contribution in [0.4, 0.5) is 0 Å². The maximum absolute atomic E-state index is 15.0. The smallest absolute Gasteiger partial charge is 0.245 e. The van der Waals surface area contributed by atoms with Gasteiger partial charge in [0, 0.05) is 29.9 Å². The molecule has 25 nitrogen and oxygen atoms in total. The summed E-state index contributed by atoms with van der Waals surface area (Å²) in [5, 5.41) is 43.1. The van der Waals surface area contributed by atoms with E-state index < -0.39 is 119 Å². The van der Waals surface area contributed by atoms with Crippen molar-refractivity contribution in [1.82, 2.24) is 42.5 Å². The Hall–Kier alpha value is -7.98. The minimum absolute atomic E-state index is 0.00651. The first-order valence-electron chi connectivity index (χ1n) is 27.0. The summed E-state index contributed by atoms with van der Waals surface area (Å²) in [6, 6.07) is 16.2. The number of amides is 9. The monoisotopic (exact) mass is 1180 g/mol. The molecule has 0 aromatic heterocycles. The first-order valence-corrected chi connectivity index (χ1v) is 29.3. The number of hydrogen-bond acceptors (Lipinski definition) is 16. The Balaban J connectivity index is 1.56. The van der Waals surface area contributed by atoms with Crippen molar-refractivity contribution >= 4 is 91.5 Å². The molecule has 0 saturated carbocycles. The van der Waals surface area contributed by atoms with Crippen LogP contribution < -0.4 is 71.2 Å². The Labute approximate surface area is 488 Å². The Morgan fingerprint density at radius 1 is 0.699 bits per heavy atom. The summed E-state index contributed by atoms with van der Waals surface area (Å²) in [6.45, 7) is 1.93. The number of rotatable bonds is 22. The number of guanidine groups is 1. The van der Waals surface area contributed by atoms with E-state index in [4.69, 9.17) is 28.7 Å². The van der Waals surface area contributed by atoms with Crippen LogP contribution in [-0.4, -0.2) is 154 Å². The molecule has 1 aliphatic heterocycles. The van der Waals surface area contributed by atoms with Gasteiger partial charge in [0.25, 0.3) is 0 Å². The summed E-state index contributed by atoms with van der Waals surface area (Å²) >= 11 is 0. The largest absolute Gasteiger partial charge is 0.508 e. The number of benzene rings is 4. The maximum Gasteiger partial charge on any atom is 0.245 e. The molecular formula is C56H76N14O11S2. The van der Waals surface area contributed by atoms with Crippen LogP contribution in [0.1, 0.15) is 62.6 Å². The number of nitrogens with one attached hydrogen (secondary N) is 8. The Bertz CT molecular complexity index is 2920. The molecule has 1 heterocycles. The van der Waals surface area contributed by atoms with Crippen molar-refractivity contribution < 1.29 is 53.4 Å². The SMILES string of the molecule is CC1(C)SSCC(C(=O)N[C@@H](CCCCN)C(=O)N[C@@H](CCCN=C(N)N)C(N)=O)NC(=O)[C@H](Cc2ccccc2)NC(=O)[C@H](CO)NC(=O)CNC(=O)[C@H](Cc2ccc3ccccc3c2)NC(=O)[C@@H]1NC(=O)[C@@H](N)Cc1ccc(O)cc1. The van der Waals surface area contributed by atoms with E-state index in [2.05, 4.69) is 47.5 Å². The third-order valence-corrected chi connectivity index (χ3v) is 16.7. The van der Waals surface area contributed by atoms with Gasteiger partial charge in [0.05, 0.1) is 19.2 Å². The molecule has 20 N–H and O–H groups in total. The van der Waals surface area contributed by atoms with E-state index in [0.29, 0.717) is 29.5 Å². The van der Waals surface area contributed by atoms with Crippen molar-refractivity contribution in [3.8, 4) is 5.75 Å². The number of fused-ring (bicyclic) bond motifs is 1. The Morgan fingerprint density at radius 3 is 2.00 bits per heavy atom. The van der Waals surface area contributed by atoms with Crippen LogP contribution in [-0.2, 0) is 62.4 Å². The van der Waals surface area contributed by atoms with Crippen LogP contribution in [0.2, 0.25) is 0 Å². The number of nitrogens with zero attached hydrogens (tertiary/aromatic N) is 1. The lowest BCUT2D eigenvalue weighted by Gasteiger charge is -2.35. The average molecular weight is 1190 g/mol. The molecule has 0 bridgehead atoms. The molecule has 1 saturated heterocycles. The number of phenols is 1. The van der Waals surface area contributed by atoms with Crippen LogP contribution in [0.3, 0.4) is 0 Å². The van der Waals surface area contributed by atoms with Gasteiger partial charge in [0.2, 0.25) is 53.2 Å². The highest BCUT2D eigenvalue weighted by Crippen LogP contribution is 2.39. The van der Waals surface area contributed by atoms with Crippen molar-refractivity contribution in [2.45, 2.75) is 118 Å². The third-order valence-electron chi connectivity index (χ3n) is 13.4. The summed E-state index contributed by atoms with van der Waals surface area (Å²) in [6.07, 6.45) is 0.821. The summed E-state index contributed by atoms with van der Waals surface area (Å²) in [5.74, 6) is -8.29. The number of aliphatic hydroxyl groups excluding tert-OH is 1. The highest BCUT2D eigenvalue weighted by molar-refractivity contribution is 8.77.